The molecule has 2 aliphatic rings. The molecule has 1 saturated heterocycles. The molecule has 5 rings (SSSR count). The van der Waals surface area contributed by atoms with Crippen molar-refractivity contribution in [3.05, 3.63) is 66.1 Å². The zero-order chi connectivity index (χ0) is 28.3. The third-order valence-electron chi connectivity index (χ3n) is 7.56. The summed E-state index contributed by atoms with van der Waals surface area (Å²) >= 11 is 0. The first-order chi connectivity index (χ1) is 19.2. The fraction of sp³-hybridized carbons (Fsp3) is 0.414. The number of rotatable bonds is 7. The number of carbonyl (C=O) groups excluding carboxylic acids is 2. The number of oxazole rings is 1. The van der Waals surface area contributed by atoms with Crippen LogP contribution >= 0.6 is 0 Å². The Morgan fingerprint density at radius 2 is 1.73 bits per heavy atom. The van der Waals surface area contributed by atoms with E-state index in [0.29, 0.717) is 44.0 Å². The monoisotopic (exact) mass is 556 g/mol. The summed E-state index contributed by atoms with van der Waals surface area (Å²) < 4.78 is 51.1. The summed E-state index contributed by atoms with van der Waals surface area (Å²) in [5.74, 6) is -2.23. The van der Waals surface area contributed by atoms with Gasteiger partial charge in [-0.3, -0.25) is 9.59 Å². The zero-order valence-electron chi connectivity index (χ0n) is 22.1. The van der Waals surface area contributed by atoms with Crippen LogP contribution < -0.4 is 10.2 Å². The lowest BCUT2D eigenvalue weighted by Gasteiger charge is -2.38. The summed E-state index contributed by atoms with van der Waals surface area (Å²) in [5, 5.41) is 2.49. The Labute approximate surface area is 230 Å². The molecular formula is C29H31F3N4O4. The average molecular weight is 557 g/mol. The lowest BCUT2D eigenvalue weighted by molar-refractivity contribution is -0.153. The number of piperazine rings is 1. The van der Waals surface area contributed by atoms with Crippen LogP contribution in [0.4, 0.5) is 24.5 Å². The van der Waals surface area contributed by atoms with E-state index in [0.717, 1.165) is 24.9 Å². The van der Waals surface area contributed by atoms with Crippen LogP contribution in [0.15, 0.2) is 59.0 Å². The van der Waals surface area contributed by atoms with Crippen molar-refractivity contribution in [1.82, 2.24) is 9.88 Å². The minimum Gasteiger partial charge on any atom is -0.431 e. The second-order valence-corrected chi connectivity index (χ2v) is 10.1. The standard InChI is InChI=1S/C29H31F3N4O4/c1-39-18-20-8-5-9-23(20)28(38)36-16-14-35(15-17-36)22-12-10-21(11-13-22)33-26(37)24-25(29(30,31)32)40-27(34-24)19-6-3-2-4-7-19/h2-4,6-7,10-13,20,23H,5,8-9,14-18H2,1H3,(H,33,37)/t20-,23?/m1/s1. The maximum Gasteiger partial charge on any atom is 0.452 e. The van der Waals surface area contributed by atoms with E-state index in [1.54, 1.807) is 61.7 Å². The highest BCUT2D eigenvalue weighted by atomic mass is 19.4. The average Bonchev–Trinajstić information content (AvgIpc) is 3.62. The van der Waals surface area contributed by atoms with Crippen LogP contribution in [-0.4, -0.2) is 61.6 Å². The summed E-state index contributed by atoms with van der Waals surface area (Å²) in [4.78, 5) is 33.8. The van der Waals surface area contributed by atoms with Crippen LogP contribution in [0.5, 0.6) is 0 Å². The summed E-state index contributed by atoms with van der Waals surface area (Å²) in [5.41, 5.74) is 0.722. The molecule has 2 fully saturated rings. The fourth-order valence-electron chi connectivity index (χ4n) is 5.51. The first kappa shape index (κ1) is 27.7. The topological polar surface area (TPSA) is 87.9 Å². The molecule has 2 aromatic carbocycles. The van der Waals surface area contributed by atoms with Crippen molar-refractivity contribution in [2.75, 3.05) is 50.1 Å². The summed E-state index contributed by atoms with van der Waals surface area (Å²) in [6.45, 7) is 3.17. The quantitative estimate of drug-likeness (QED) is 0.424. The van der Waals surface area contributed by atoms with Gasteiger partial charge in [-0.15, -0.1) is 0 Å². The van der Waals surface area contributed by atoms with Gasteiger partial charge in [-0.05, 0) is 55.2 Å². The van der Waals surface area contributed by atoms with Crippen molar-refractivity contribution in [3.8, 4) is 11.5 Å². The van der Waals surface area contributed by atoms with Gasteiger partial charge in [-0.2, -0.15) is 13.2 Å². The van der Waals surface area contributed by atoms with Crippen LogP contribution in [0.25, 0.3) is 11.5 Å². The Morgan fingerprint density at radius 1 is 1.02 bits per heavy atom. The highest BCUT2D eigenvalue weighted by molar-refractivity contribution is 6.04. The molecule has 0 spiro atoms. The van der Waals surface area contributed by atoms with Gasteiger partial charge in [-0.25, -0.2) is 4.98 Å². The number of ether oxygens (including phenoxy) is 1. The van der Waals surface area contributed by atoms with Crippen molar-refractivity contribution >= 4 is 23.2 Å². The van der Waals surface area contributed by atoms with E-state index in [9.17, 15) is 22.8 Å². The molecule has 0 bridgehead atoms. The van der Waals surface area contributed by atoms with E-state index in [4.69, 9.17) is 9.15 Å². The van der Waals surface area contributed by atoms with E-state index >= 15 is 0 Å². The fourth-order valence-corrected chi connectivity index (χ4v) is 5.51. The number of alkyl halides is 3. The van der Waals surface area contributed by atoms with Gasteiger partial charge in [0.2, 0.25) is 17.6 Å². The molecule has 2 heterocycles. The number of hydrogen-bond donors (Lipinski definition) is 1. The molecular weight excluding hydrogens is 525 g/mol. The van der Waals surface area contributed by atoms with Gasteiger partial charge in [0.15, 0.2) is 5.69 Å². The number of nitrogens with zero attached hydrogens (tertiary/aromatic N) is 3. The first-order valence-electron chi connectivity index (χ1n) is 13.3. The smallest absolute Gasteiger partial charge is 0.431 e. The number of nitrogens with one attached hydrogen (secondary N) is 1. The second kappa shape index (κ2) is 11.7. The molecule has 3 aromatic rings. The lowest BCUT2D eigenvalue weighted by atomic mass is 9.95. The van der Waals surface area contributed by atoms with Gasteiger partial charge in [0.1, 0.15) is 0 Å². The van der Waals surface area contributed by atoms with Crippen LogP contribution in [0, 0.1) is 11.8 Å². The van der Waals surface area contributed by atoms with E-state index < -0.39 is 23.5 Å². The predicted octanol–water partition coefficient (Wildman–Crippen LogP) is 5.32. The molecule has 1 aromatic heterocycles. The molecule has 1 saturated carbocycles. The number of amides is 2. The third kappa shape index (κ3) is 5.99. The van der Waals surface area contributed by atoms with E-state index in [1.807, 2.05) is 4.90 Å². The largest absolute Gasteiger partial charge is 0.452 e. The molecule has 212 valence electrons. The number of aromatic nitrogens is 1. The number of halogens is 3. The zero-order valence-corrected chi connectivity index (χ0v) is 22.1. The van der Waals surface area contributed by atoms with Gasteiger partial charge in [0.05, 0.1) is 0 Å². The Balaban J connectivity index is 1.21. The van der Waals surface area contributed by atoms with Crippen molar-refractivity contribution in [2.24, 2.45) is 11.8 Å². The van der Waals surface area contributed by atoms with Crippen molar-refractivity contribution in [1.29, 1.82) is 0 Å². The normalized spacial score (nSPS) is 19.6. The predicted molar refractivity (Wildman–Crippen MR) is 143 cm³/mol. The van der Waals surface area contributed by atoms with Gasteiger partial charge in [0, 0.05) is 62.8 Å². The molecule has 1 aliphatic carbocycles. The number of methoxy groups -OCH3 is 1. The maximum absolute atomic E-state index is 13.6. The first-order valence-corrected chi connectivity index (χ1v) is 13.3. The Kier molecular flexibility index (Phi) is 8.11. The van der Waals surface area contributed by atoms with E-state index in [2.05, 4.69) is 15.2 Å². The number of benzene rings is 2. The van der Waals surface area contributed by atoms with E-state index in [1.165, 1.54) is 0 Å². The summed E-state index contributed by atoms with van der Waals surface area (Å²) in [6.07, 6.45) is -1.90. The van der Waals surface area contributed by atoms with Gasteiger partial charge in [-0.1, -0.05) is 24.6 Å². The highest BCUT2D eigenvalue weighted by Gasteiger charge is 2.42. The van der Waals surface area contributed by atoms with Gasteiger partial charge < -0.3 is 24.3 Å². The van der Waals surface area contributed by atoms with Crippen molar-refractivity contribution in [2.45, 2.75) is 25.4 Å². The van der Waals surface area contributed by atoms with Crippen molar-refractivity contribution < 1.29 is 31.9 Å². The number of anilines is 2. The molecule has 1 aliphatic heterocycles. The molecule has 1 N–H and O–H groups in total. The summed E-state index contributed by atoms with van der Waals surface area (Å²) in [7, 11) is 1.67. The minimum absolute atomic E-state index is 0.0285. The molecule has 11 heteroatoms. The van der Waals surface area contributed by atoms with Gasteiger partial charge >= 0.3 is 6.18 Å². The Hall–Kier alpha value is -3.86. The van der Waals surface area contributed by atoms with E-state index in [-0.39, 0.29) is 23.6 Å². The SMILES string of the molecule is COC[C@H]1CCCC1C(=O)N1CCN(c2ccc(NC(=O)c3nc(-c4ccccc4)oc3C(F)(F)F)cc2)CC1. The highest BCUT2D eigenvalue weighted by Crippen LogP contribution is 2.36. The minimum atomic E-state index is -4.89. The van der Waals surface area contributed by atoms with Crippen LogP contribution in [-0.2, 0) is 15.7 Å². The van der Waals surface area contributed by atoms with Crippen LogP contribution in [0.3, 0.4) is 0 Å². The Morgan fingerprint density at radius 3 is 2.38 bits per heavy atom. The number of hydrogen-bond acceptors (Lipinski definition) is 6. The summed E-state index contributed by atoms with van der Waals surface area (Å²) in [6, 6.07) is 14.9. The molecule has 2 amide bonds. The van der Waals surface area contributed by atoms with Crippen LogP contribution in [0.2, 0.25) is 0 Å². The second-order valence-electron chi connectivity index (χ2n) is 10.1. The molecule has 2 atom stereocenters. The molecule has 40 heavy (non-hydrogen) atoms. The lowest BCUT2D eigenvalue weighted by Crippen LogP contribution is -2.51. The number of carbonyl (C=O) groups is 2. The Bertz CT molecular complexity index is 1320. The third-order valence-corrected chi connectivity index (χ3v) is 7.56. The van der Waals surface area contributed by atoms with Gasteiger partial charge in [0.25, 0.3) is 5.91 Å². The molecule has 0 radical (unpaired) electrons. The molecule has 8 nitrogen and oxygen atoms in total. The maximum atomic E-state index is 13.6. The molecule has 1 unspecified atom stereocenters. The van der Waals surface area contributed by atoms with Crippen molar-refractivity contribution in [3.63, 3.8) is 0 Å². The van der Waals surface area contributed by atoms with Crippen LogP contribution in [0.1, 0.15) is 35.5 Å².